The van der Waals surface area contributed by atoms with Crippen molar-refractivity contribution in [1.82, 2.24) is 19.5 Å². The molecule has 3 aromatic rings. The monoisotopic (exact) mass is 361 g/mol. The molecule has 1 amide bonds. The van der Waals surface area contributed by atoms with Gasteiger partial charge in [-0.05, 0) is 11.6 Å². The average Bonchev–Trinajstić information content (AvgIpc) is 2.57. The van der Waals surface area contributed by atoms with Crippen molar-refractivity contribution in [3.05, 3.63) is 57.6 Å². The smallest absolute Gasteiger partial charge is 0.282 e. The highest BCUT2D eigenvalue weighted by atomic mass is 35.5. The highest BCUT2D eigenvalue weighted by Crippen LogP contribution is 2.20. The molecule has 0 radical (unpaired) electrons. The molecule has 0 unspecified atom stereocenters. The van der Waals surface area contributed by atoms with Gasteiger partial charge in [-0.25, -0.2) is 15.0 Å². The number of thioether (sulfide) groups is 1. The lowest BCUT2D eigenvalue weighted by molar-refractivity contribution is -0.115. The van der Waals surface area contributed by atoms with Crippen molar-refractivity contribution in [2.75, 3.05) is 5.75 Å². The van der Waals surface area contributed by atoms with Gasteiger partial charge in [-0.2, -0.15) is 0 Å². The molecule has 0 fully saturated rings. The maximum atomic E-state index is 12.8. The van der Waals surface area contributed by atoms with E-state index in [-0.39, 0.29) is 29.0 Å². The molecular formula is C15H12ClN5O2S. The van der Waals surface area contributed by atoms with Gasteiger partial charge >= 0.3 is 0 Å². The van der Waals surface area contributed by atoms with Crippen LogP contribution < -0.4 is 11.3 Å². The zero-order valence-electron chi connectivity index (χ0n) is 12.3. The number of carbonyl (C=O) groups is 1. The zero-order chi connectivity index (χ0) is 17.1. The summed E-state index contributed by atoms with van der Waals surface area (Å²) in [5, 5.41) is 0.876. The summed E-state index contributed by atoms with van der Waals surface area (Å²) >= 11 is 7.26. The molecule has 0 atom stereocenters. The lowest BCUT2D eigenvalue weighted by atomic mass is 10.2. The van der Waals surface area contributed by atoms with Gasteiger partial charge < -0.3 is 5.73 Å². The summed E-state index contributed by atoms with van der Waals surface area (Å²) in [5.41, 5.74) is 5.99. The lowest BCUT2D eigenvalue weighted by Crippen LogP contribution is -2.26. The fraction of sp³-hybridized carbons (Fsp3) is 0.133. The second kappa shape index (κ2) is 6.98. The van der Waals surface area contributed by atoms with Gasteiger partial charge in [0.15, 0.2) is 16.3 Å². The summed E-state index contributed by atoms with van der Waals surface area (Å²) in [6.07, 6.45) is 2.89. The second-order valence-electron chi connectivity index (χ2n) is 4.86. The first-order valence-corrected chi connectivity index (χ1v) is 8.28. The topological polar surface area (TPSA) is 104 Å². The van der Waals surface area contributed by atoms with E-state index in [9.17, 15) is 9.59 Å². The third-order valence-corrected chi connectivity index (χ3v) is 4.56. The SMILES string of the molecule is NC(=O)CSc1nc2nccnc2c(=O)n1Cc1ccccc1Cl. The van der Waals surface area contributed by atoms with E-state index in [1.54, 1.807) is 6.07 Å². The Morgan fingerprint density at radius 3 is 2.75 bits per heavy atom. The van der Waals surface area contributed by atoms with Crippen LogP contribution in [-0.4, -0.2) is 31.2 Å². The van der Waals surface area contributed by atoms with Crippen molar-refractivity contribution in [3.8, 4) is 0 Å². The van der Waals surface area contributed by atoms with Gasteiger partial charge in [0, 0.05) is 17.4 Å². The lowest BCUT2D eigenvalue weighted by Gasteiger charge is -2.12. The number of amides is 1. The molecule has 0 aliphatic carbocycles. The van der Waals surface area contributed by atoms with Crippen LogP contribution in [0.25, 0.3) is 11.2 Å². The number of hydrogen-bond acceptors (Lipinski definition) is 6. The van der Waals surface area contributed by atoms with Crippen molar-refractivity contribution in [2.24, 2.45) is 5.73 Å². The van der Waals surface area contributed by atoms with Crippen LogP contribution in [-0.2, 0) is 11.3 Å². The molecule has 0 bridgehead atoms. The van der Waals surface area contributed by atoms with Gasteiger partial charge in [0.25, 0.3) is 5.56 Å². The van der Waals surface area contributed by atoms with Gasteiger partial charge in [-0.3, -0.25) is 14.2 Å². The molecule has 2 heterocycles. The number of fused-ring (bicyclic) bond motifs is 1. The summed E-state index contributed by atoms with van der Waals surface area (Å²) in [6.45, 7) is 0.207. The number of primary amides is 1. The normalized spacial score (nSPS) is 10.9. The molecule has 2 N–H and O–H groups in total. The number of nitrogens with zero attached hydrogens (tertiary/aromatic N) is 4. The maximum Gasteiger partial charge on any atom is 0.282 e. The Bertz CT molecular complexity index is 975. The van der Waals surface area contributed by atoms with Crippen LogP contribution in [0.5, 0.6) is 0 Å². The molecule has 9 heteroatoms. The average molecular weight is 362 g/mol. The van der Waals surface area contributed by atoms with Crippen LogP contribution in [0.4, 0.5) is 0 Å². The standard InChI is InChI=1S/C15H12ClN5O2S/c16-10-4-2-1-3-9(10)7-21-14(23)12-13(19-6-5-18-12)20-15(21)24-8-11(17)22/h1-6H,7-8H2,(H2,17,22). The summed E-state index contributed by atoms with van der Waals surface area (Å²) in [6, 6.07) is 7.20. The third kappa shape index (κ3) is 3.39. The third-order valence-electron chi connectivity index (χ3n) is 3.19. The molecule has 3 rings (SSSR count). The van der Waals surface area contributed by atoms with Gasteiger partial charge in [-0.15, -0.1) is 0 Å². The predicted molar refractivity (Wildman–Crippen MR) is 92.1 cm³/mol. The Hall–Kier alpha value is -2.45. The molecule has 0 saturated carbocycles. The zero-order valence-corrected chi connectivity index (χ0v) is 13.9. The van der Waals surface area contributed by atoms with Crippen LogP contribution in [0.1, 0.15) is 5.56 Å². The minimum atomic E-state index is -0.502. The number of hydrogen-bond donors (Lipinski definition) is 1. The molecule has 0 saturated heterocycles. The Kier molecular flexibility index (Phi) is 4.77. The predicted octanol–water partition coefficient (Wildman–Crippen LogP) is 1.47. The first kappa shape index (κ1) is 16.4. The van der Waals surface area contributed by atoms with Gasteiger partial charge in [-0.1, -0.05) is 41.6 Å². The minimum absolute atomic E-state index is 0.000725. The number of aromatic nitrogens is 4. The molecule has 122 valence electrons. The minimum Gasteiger partial charge on any atom is -0.369 e. The highest BCUT2D eigenvalue weighted by molar-refractivity contribution is 7.99. The van der Waals surface area contributed by atoms with E-state index >= 15 is 0 Å². The van der Waals surface area contributed by atoms with Crippen LogP contribution in [0.3, 0.4) is 0 Å². The van der Waals surface area contributed by atoms with E-state index in [0.29, 0.717) is 10.2 Å². The summed E-state index contributed by atoms with van der Waals surface area (Å²) in [5.74, 6) is -0.501. The fourth-order valence-corrected chi connectivity index (χ4v) is 3.03. The fourth-order valence-electron chi connectivity index (χ4n) is 2.11. The number of halogens is 1. The number of rotatable bonds is 5. The van der Waals surface area contributed by atoms with E-state index in [4.69, 9.17) is 17.3 Å². The molecular weight excluding hydrogens is 350 g/mol. The quantitative estimate of drug-likeness (QED) is 0.545. The molecule has 2 aromatic heterocycles. The van der Waals surface area contributed by atoms with Crippen molar-refractivity contribution >= 4 is 40.4 Å². The largest absolute Gasteiger partial charge is 0.369 e. The van der Waals surface area contributed by atoms with Crippen molar-refractivity contribution < 1.29 is 4.79 Å². The van der Waals surface area contributed by atoms with Crippen LogP contribution in [0.2, 0.25) is 5.02 Å². The molecule has 24 heavy (non-hydrogen) atoms. The summed E-state index contributed by atoms with van der Waals surface area (Å²) < 4.78 is 1.42. The molecule has 0 aliphatic heterocycles. The van der Waals surface area contributed by atoms with E-state index in [0.717, 1.165) is 17.3 Å². The van der Waals surface area contributed by atoms with Crippen LogP contribution in [0, 0.1) is 0 Å². The Balaban J connectivity index is 2.14. The number of carbonyl (C=O) groups excluding carboxylic acids is 1. The first-order chi connectivity index (χ1) is 11.6. The molecule has 1 aromatic carbocycles. The first-order valence-electron chi connectivity index (χ1n) is 6.92. The number of nitrogens with two attached hydrogens (primary N) is 1. The van der Waals surface area contributed by atoms with Crippen molar-refractivity contribution in [2.45, 2.75) is 11.7 Å². The summed E-state index contributed by atoms with van der Waals surface area (Å²) in [7, 11) is 0. The van der Waals surface area contributed by atoms with Crippen LogP contribution >= 0.6 is 23.4 Å². The van der Waals surface area contributed by atoms with E-state index in [1.165, 1.54) is 17.0 Å². The van der Waals surface area contributed by atoms with Crippen molar-refractivity contribution in [1.29, 1.82) is 0 Å². The number of benzene rings is 1. The summed E-state index contributed by atoms with van der Waals surface area (Å²) in [4.78, 5) is 36.3. The van der Waals surface area contributed by atoms with Gasteiger partial charge in [0.2, 0.25) is 5.91 Å². The van der Waals surface area contributed by atoms with Crippen molar-refractivity contribution in [3.63, 3.8) is 0 Å². The Labute approximate surface area is 145 Å². The van der Waals surface area contributed by atoms with Gasteiger partial charge in [0.05, 0.1) is 12.3 Å². The van der Waals surface area contributed by atoms with E-state index in [1.807, 2.05) is 18.2 Å². The Morgan fingerprint density at radius 2 is 2.00 bits per heavy atom. The Morgan fingerprint density at radius 1 is 1.25 bits per heavy atom. The second-order valence-corrected chi connectivity index (χ2v) is 6.21. The molecule has 7 nitrogen and oxygen atoms in total. The highest BCUT2D eigenvalue weighted by Gasteiger charge is 2.15. The molecule has 0 spiro atoms. The van der Waals surface area contributed by atoms with E-state index in [2.05, 4.69) is 15.0 Å². The van der Waals surface area contributed by atoms with E-state index < -0.39 is 5.91 Å². The maximum absolute atomic E-state index is 12.8. The van der Waals surface area contributed by atoms with Crippen LogP contribution in [0.15, 0.2) is 46.6 Å². The van der Waals surface area contributed by atoms with Gasteiger partial charge in [0.1, 0.15) is 0 Å². The molecule has 0 aliphatic rings.